The summed E-state index contributed by atoms with van der Waals surface area (Å²) in [6.45, 7) is 0. The van der Waals surface area contributed by atoms with E-state index in [2.05, 4.69) is 337 Å². The van der Waals surface area contributed by atoms with Crippen LogP contribution in [0.5, 0.6) is 0 Å². The van der Waals surface area contributed by atoms with Gasteiger partial charge in [-0.15, -0.1) is 0 Å². The molecule has 0 unspecified atom stereocenters. The number of rotatable bonds is 8. The van der Waals surface area contributed by atoms with E-state index in [0.29, 0.717) is 0 Å². The lowest BCUT2D eigenvalue weighted by Gasteiger charge is -2.32. The first-order valence-electron chi connectivity index (χ1n) is 31.2. The molecular weight excluding hydrogens is 1070 g/mol. The minimum absolute atomic E-state index is 0.426. The van der Waals surface area contributed by atoms with Gasteiger partial charge in [0.2, 0.25) is 0 Å². The SMILES string of the molecule is c1ccc(N(c2ccc(-c3ccc4c(c3)-c3cc(-c5ccc(N(c6ccccc6)c6ccc7c(c6)C6(c8ccccc8-c8ccccc86)c6ccccc6-7)cc5)ccc3C4)cc2)c2ccc3c(c2)C2(c4ccccc4-c4ccccc42)c2ccccc2-3)cc1. The molecule has 89 heavy (non-hydrogen) atoms. The molecule has 0 bridgehead atoms. The van der Waals surface area contributed by atoms with Crippen LogP contribution in [0.1, 0.15) is 55.6 Å². The normalized spacial score (nSPS) is 13.8. The smallest absolute Gasteiger partial charge is 0.0726 e. The molecule has 2 heteroatoms. The maximum absolute atomic E-state index is 2.48. The third-order valence-corrected chi connectivity index (χ3v) is 20.3. The second-order valence-electron chi connectivity index (χ2n) is 24.6. The summed E-state index contributed by atoms with van der Waals surface area (Å²) in [5.74, 6) is 0. The first-order chi connectivity index (χ1) is 44.1. The average Bonchev–Trinajstić information content (AvgIpc) is 1.53. The highest BCUT2D eigenvalue weighted by molar-refractivity contribution is 5.99. The average molecular weight is 1130 g/mol. The summed E-state index contributed by atoms with van der Waals surface area (Å²) in [4.78, 5) is 4.85. The lowest BCUT2D eigenvalue weighted by molar-refractivity contribution is 0.793. The van der Waals surface area contributed by atoms with Crippen LogP contribution in [0.2, 0.25) is 0 Å². The van der Waals surface area contributed by atoms with Crippen LogP contribution < -0.4 is 9.80 Å². The van der Waals surface area contributed by atoms with Crippen molar-refractivity contribution < 1.29 is 0 Å². The lowest BCUT2D eigenvalue weighted by atomic mass is 9.70. The summed E-state index contributed by atoms with van der Waals surface area (Å²) in [6, 6.07) is 123. The number of hydrogen-bond donors (Lipinski definition) is 0. The number of para-hydroxylation sites is 2. The van der Waals surface area contributed by atoms with E-state index in [0.717, 1.165) is 40.5 Å². The lowest BCUT2D eigenvalue weighted by Crippen LogP contribution is -2.26. The molecule has 14 aromatic carbocycles. The van der Waals surface area contributed by atoms with Crippen molar-refractivity contribution in [3.8, 4) is 77.9 Å². The van der Waals surface area contributed by atoms with Gasteiger partial charge in [-0.05, 0) is 225 Å². The van der Waals surface area contributed by atoms with Gasteiger partial charge < -0.3 is 9.80 Å². The van der Waals surface area contributed by atoms with E-state index in [-0.39, 0.29) is 0 Å². The Labute approximate surface area is 519 Å². The first-order valence-corrected chi connectivity index (χ1v) is 31.2. The summed E-state index contributed by atoms with van der Waals surface area (Å²) in [6.07, 6.45) is 0.926. The van der Waals surface area contributed by atoms with E-state index >= 15 is 0 Å². The molecule has 0 heterocycles. The number of hydrogen-bond acceptors (Lipinski definition) is 2. The van der Waals surface area contributed by atoms with Crippen LogP contribution in [-0.2, 0) is 17.3 Å². The van der Waals surface area contributed by atoms with E-state index in [1.807, 2.05) is 0 Å². The van der Waals surface area contributed by atoms with Gasteiger partial charge in [0.05, 0.1) is 10.8 Å². The van der Waals surface area contributed by atoms with Crippen molar-refractivity contribution in [2.24, 2.45) is 0 Å². The van der Waals surface area contributed by atoms with E-state index in [1.54, 1.807) is 0 Å². The molecule has 5 aliphatic carbocycles. The fraction of sp³-hybridized carbons (Fsp3) is 0.0345. The molecule has 2 spiro atoms. The topological polar surface area (TPSA) is 6.48 Å². The van der Waals surface area contributed by atoms with Gasteiger partial charge in [0.1, 0.15) is 0 Å². The summed E-state index contributed by atoms with van der Waals surface area (Å²) >= 11 is 0. The summed E-state index contributed by atoms with van der Waals surface area (Å²) in [7, 11) is 0. The Bertz CT molecular complexity index is 4770. The monoisotopic (exact) mass is 1130 g/mol. The molecule has 0 aromatic heterocycles. The Hall–Kier alpha value is -11.3. The van der Waals surface area contributed by atoms with Crippen LogP contribution in [0.4, 0.5) is 34.1 Å². The number of anilines is 6. The van der Waals surface area contributed by atoms with Crippen LogP contribution >= 0.6 is 0 Å². The van der Waals surface area contributed by atoms with Crippen LogP contribution in [0.25, 0.3) is 77.9 Å². The van der Waals surface area contributed by atoms with Crippen molar-refractivity contribution >= 4 is 34.1 Å². The summed E-state index contributed by atoms with van der Waals surface area (Å²) in [5, 5.41) is 0. The van der Waals surface area contributed by atoms with Gasteiger partial charge in [0, 0.05) is 34.1 Å². The van der Waals surface area contributed by atoms with E-state index in [1.165, 1.54) is 134 Å². The zero-order valence-corrected chi connectivity index (χ0v) is 48.8. The molecule has 0 saturated heterocycles. The van der Waals surface area contributed by atoms with Gasteiger partial charge in [-0.2, -0.15) is 0 Å². The molecule has 14 aromatic rings. The molecule has 19 rings (SSSR count). The minimum atomic E-state index is -0.426. The Kier molecular flexibility index (Phi) is 10.7. The van der Waals surface area contributed by atoms with Crippen molar-refractivity contribution in [2.75, 3.05) is 9.80 Å². The molecule has 0 N–H and O–H groups in total. The molecule has 5 aliphatic rings. The Morgan fingerprint density at radius 1 is 0.180 bits per heavy atom. The first kappa shape index (κ1) is 49.9. The molecule has 0 atom stereocenters. The third-order valence-electron chi connectivity index (χ3n) is 20.3. The maximum Gasteiger partial charge on any atom is 0.0726 e. The quantitative estimate of drug-likeness (QED) is 0.150. The fourth-order valence-electron chi connectivity index (χ4n) is 16.6. The molecule has 0 radical (unpaired) electrons. The van der Waals surface area contributed by atoms with Gasteiger partial charge in [-0.1, -0.05) is 243 Å². The largest absolute Gasteiger partial charge is 0.310 e. The van der Waals surface area contributed by atoms with Crippen LogP contribution in [-0.4, -0.2) is 0 Å². The summed E-state index contributed by atoms with van der Waals surface area (Å²) < 4.78 is 0. The molecule has 2 nitrogen and oxygen atoms in total. The van der Waals surface area contributed by atoms with Crippen LogP contribution in [0.3, 0.4) is 0 Å². The van der Waals surface area contributed by atoms with Crippen molar-refractivity contribution in [2.45, 2.75) is 17.3 Å². The molecule has 0 saturated carbocycles. The van der Waals surface area contributed by atoms with Crippen molar-refractivity contribution in [1.29, 1.82) is 0 Å². The highest BCUT2D eigenvalue weighted by Gasteiger charge is 2.53. The Morgan fingerprint density at radius 2 is 0.438 bits per heavy atom. The van der Waals surface area contributed by atoms with Gasteiger partial charge in [-0.25, -0.2) is 0 Å². The predicted octanol–water partition coefficient (Wildman–Crippen LogP) is 22.2. The standard InChI is InChI=1S/C87H56N2/c1-3-19-62(20-4-1)88(66-47-49-74-72-27-11-17-33-82(72)86(84(74)54-66)78-29-13-7-23-68(78)69-24-8-14-30-79(69)86)64-43-39-56(40-44-64)58-35-37-60-51-61-38-36-59(53-77(61)76(60)52-58)57-41-45-65(46-42-57)89(63-21-5-2-6-22-63)67-48-50-75-73-28-12-18-34-83(73)87(85(75)55-67)80-31-15-9-25-70(80)71-26-10-16-32-81(71)87/h1-50,52-55H,51H2. The van der Waals surface area contributed by atoms with Crippen LogP contribution in [0, 0.1) is 0 Å². The Morgan fingerprint density at radius 3 is 0.764 bits per heavy atom. The minimum Gasteiger partial charge on any atom is -0.310 e. The molecular formula is C87H56N2. The second kappa shape index (κ2) is 19.1. The number of benzene rings is 14. The third kappa shape index (κ3) is 7.03. The molecule has 414 valence electrons. The van der Waals surface area contributed by atoms with Gasteiger partial charge in [0.15, 0.2) is 0 Å². The zero-order valence-electron chi connectivity index (χ0n) is 48.8. The molecule has 0 amide bonds. The van der Waals surface area contributed by atoms with Gasteiger partial charge in [-0.3, -0.25) is 0 Å². The van der Waals surface area contributed by atoms with Crippen LogP contribution in [0.15, 0.2) is 328 Å². The Balaban J connectivity index is 0.652. The van der Waals surface area contributed by atoms with E-state index in [9.17, 15) is 0 Å². The van der Waals surface area contributed by atoms with Crippen molar-refractivity contribution in [3.05, 3.63) is 383 Å². The molecule has 0 fully saturated rings. The number of fused-ring (bicyclic) bond motifs is 23. The van der Waals surface area contributed by atoms with Gasteiger partial charge in [0.25, 0.3) is 0 Å². The number of nitrogens with zero attached hydrogens (tertiary/aromatic N) is 2. The molecule has 0 aliphatic heterocycles. The zero-order chi connectivity index (χ0) is 58.4. The predicted molar refractivity (Wildman–Crippen MR) is 368 cm³/mol. The fourth-order valence-corrected chi connectivity index (χ4v) is 16.6. The summed E-state index contributed by atoms with van der Waals surface area (Å²) in [5.41, 5.74) is 37.2. The van der Waals surface area contributed by atoms with Crippen molar-refractivity contribution in [3.63, 3.8) is 0 Å². The highest BCUT2D eigenvalue weighted by Crippen LogP contribution is 2.65. The highest BCUT2D eigenvalue weighted by atomic mass is 15.1. The van der Waals surface area contributed by atoms with E-state index in [4.69, 9.17) is 0 Å². The van der Waals surface area contributed by atoms with Crippen molar-refractivity contribution in [1.82, 2.24) is 0 Å². The van der Waals surface area contributed by atoms with Gasteiger partial charge >= 0.3 is 0 Å². The maximum atomic E-state index is 2.48. The van der Waals surface area contributed by atoms with E-state index < -0.39 is 10.8 Å². The second-order valence-corrected chi connectivity index (χ2v) is 24.6.